The van der Waals surface area contributed by atoms with Crippen LogP contribution in [0.2, 0.25) is 0 Å². The molecular formula is C17H16N2O2. The number of hydrogen-bond donors (Lipinski definition) is 1. The van der Waals surface area contributed by atoms with Gasteiger partial charge in [-0.2, -0.15) is 0 Å². The monoisotopic (exact) mass is 280 g/mol. The Bertz CT molecular complexity index is 663. The molecule has 1 aromatic heterocycles. The van der Waals surface area contributed by atoms with Crippen LogP contribution >= 0.6 is 0 Å². The van der Waals surface area contributed by atoms with Crippen LogP contribution in [0.3, 0.4) is 0 Å². The zero-order valence-corrected chi connectivity index (χ0v) is 11.6. The lowest BCUT2D eigenvalue weighted by Gasteiger charge is -2.26. The number of aromatic hydroxyl groups is 1. The molecule has 0 spiro atoms. The second-order valence-corrected chi connectivity index (χ2v) is 5.02. The van der Waals surface area contributed by atoms with E-state index >= 15 is 0 Å². The van der Waals surface area contributed by atoms with Gasteiger partial charge in [0.1, 0.15) is 5.75 Å². The maximum absolute atomic E-state index is 12.3. The highest BCUT2D eigenvalue weighted by atomic mass is 16.3. The molecule has 2 heterocycles. The predicted octanol–water partition coefficient (Wildman–Crippen LogP) is 2.72. The van der Waals surface area contributed by atoms with Gasteiger partial charge in [-0.15, -0.1) is 0 Å². The molecule has 0 bridgehead atoms. The third-order valence-electron chi connectivity index (χ3n) is 3.64. The average Bonchev–Trinajstić information content (AvgIpc) is 2.56. The zero-order valence-electron chi connectivity index (χ0n) is 11.6. The second-order valence-electron chi connectivity index (χ2n) is 5.02. The minimum Gasteiger partial charge on any atom is -0.508 e. The summed E-state index contributed by atoms with van der Waals surface area (Å²) in [5.74, 6) is 0.285. The highest BCUT2D eigenvalue weighted by Gasteiger charge is 2.19. The van der Waals surface area contributed by atoms with Crippen molar-refractivity contribution in [2.45, 2.75) is 6.42 Å². The molecule has 3 rings (SSSR count). The summed E-state index contributed by atoms with van der Waals surface area (Å²) in [7, 11) is 0. The number of rotatable bonds is 2. The standard InChI is InChI=1S/C17H16N2O2/c20-16-5-3-13(4-6-16)14-7-10-19(11-8-14)17(21)15-2-1-9-18-12-15/h1-7,9,12,20H,8,10-11H2. The molecule has 2 aromatic rings. The van der Waals surface area contributed by atoms with Crippen molar-refractivity contribution in [1.82, 2.24) is 9.88 Å². The van der Waals surface area contributed by atoms with Crippen LogP contribution in [-0.4, -0.2) is 34.0 Å². The van der Waals surface area contributed by atoms with E-state index in [-0.39, 0.29) is 11.7 Å². The molecule has 0 fully saturated rings. The summed E-state index contributed by atoms with van der Waals surface area (Å²) in [6.45, 7) is 1.30. The van der Waals surface area contributed by atoms with Gasteiger partial charge in [-0.3, -0.25) is 9.78 Å². The first-order chi connectivity index (χ1) is 10.2. The molecule has 0 saturated carbocycles. The molecule has 1 aromatic carbocycles. The Morgan fingerprint density at radius 3 is 2.62 bits per heavy atom. The van der Waals surface area contributed by atoms with E-state index in [1.165, 1.54) is 5.57 Å². The zero-order chi connectivity index (χ0) is 14.7. The fourth-order valence-electron chi connectivity index (χ4n) is 2.46. The molecule has 4 heteroatoms. The van der Waals surface area contributed by atoms with Gasteiger partial charge in [-0.25, -0.2) is 0 Å². The maximum atomic E-state index is 12.3. The Balaban J connectivity index is 1.72. The van der Waals surface area contributed by atoms with Gasteiger partial charge >= 0.3 is 0 Å². The Morgan fingerprint density at radius 2 is 2.00 bits per heavy atom. The van der Waals surface area contributed by atoms with Gasteiger partial charge in [0.25, 0.3) is 5.91 Å². The van der Waals surface area contributed by atoms with E-state index in [1.54, 1.807) is 36.7 Å². The third kappa shape index (κ3) is 2.94. The number of nitrogens with zero attached hydrogens (tertiary/aromatic N) is 2. The number of aromatic nitrogens is 1. The van der Waals surface area contributed by atoms with E-state index in [4.69, 9.17) is 0 Å². The van der Waals surface area contributed by atoms with E-state index < -0.39 is 0 Å². The van der Waals surface area contributed by atoms with E-state index in [2.05, 4.69) is 11.1 Å². The van der Waals surface area contributed by atoms with Crippen molar-refractivity contribution in [2.24, 2.45) is 0 Å². The number of benzene rings is 1. The van der Waals surface area contributed by atoms with Crippen LogP contribution in [0.4, 0.5) is 0 Å². The summed E-state index contributed by atoms with van der Waals surface area (Å²) in [6.07, 6.45) is 6.15. The molecule has 1 aliphatic heterocycles. The van der Waals surface area contributed by atoms with Crippen molar-refractivity contribution in [1.29, 1.82) is 0 Å². The molecule has 0 atom stereocenters. The Kier molecular flexibility index (Phi) is 3.69. The van der Waals surface area contributed by atoms with E-state index in [9.17, 15) is 9.90 Å². The van der Waals surface area contributed by atoms with Gasteiger partial charge in [0, 0.05) is 25.5 Å². The van der Waals surface area contributed by atoms with Crippen LogP contribution in [0.1, 0.15) is 22.3 Å². The average molecular weight is 280 g/mol. The summed E-state index contributed by atoms with van der Waals surface area (Å²) in [6, 6.07) is 10.7. The van der Waals surface area contributed by atoms with Gasteiger partial charge in [0.2, 0.25) is 0 Å². The van der Waals surface area contributed by atoms with Crippen molar-refractivity contribution >= 4 is 11.5 Å². The maximum Gasteiger partial charge on any atom is 0.255 e. The van der Waals surface area contributed by atoms with Gasteiger partial charge < -0.3 is 10.0 Å². The van der Waals surface area contributed by atoms with Crippen molar-refractivity contribution in [2.75, 3.05) is 13.1 Å². The van der Waals surface area contributed by atoms with Crippen molar-refractivity contribution in [3.05, 3.63) is 66.0 Å². The number of carbonyl (C=O) groups is 1. The fraction of sp³-hybridized carbons (Fsp3) is 0.176. The molecule has 4 nitrogen and oxygen atoms in total. The summed E-state index contributed by atoms with van der Waals surface area (Å²) in [5.41, 5.74) is 2.94. The molecule has 0 unspecified atom stereocenters. The Morgan fingerprint density at radius 1 is 1.19 bits per heavy atom. The number of hydrogen-bond acceptors (Lipinski definition) is 3. The molecule has 0 aliphatic carbocycles. The van der Waals surface area contributed by atoms with E-state index in [0.717, 1.165) is 12.0 Å². The minimum absolute atomic E-state index is 0.0177. The first-order valence-electron chi connectivity index (χ1n) is 6.92. The molecule has 21 heavy (non-hydrogen) atoms. The highest BCUT2D eigenvalue weighted by Crippen LogP contribution is 2.24. The Hall–Kier alpha value is -2.62. The lowest BCUT2D eigenvalue weighted by atomic mass is 9.99. The van der Waals surface area contributed by atoms with Crippen molar-refractivity contribution in [3.63, 3.8) is 0 Å². The van der Waals surface area contributed by atoms with E-state index in [1.807, 2.05) is 17.0 Å². The number of phenolic OH excluding ortho intramolecular Hbond substituents is 1. The molecular weight excluding hydrogens is 264 g/mol. The van der Waals surface area contributed by atoms with Crippen LogP contribution in [0.5, 0.6) is 5.75 Å². The van der Waals surface area contributed by atoms with Crippen LogP contribution in [0.15, 0.2) is 54.9 Å². The van der Waals surface area contributed by atoms with Gasteiger partial charge in [-0.1, -0.05) is 18.2 Å². The number of amides is 1. The highest BCUT2D eigenvalue weighted by molar-refractivity contribution is 5.94. The van der Waals surface area contributed by atoms with E-state index in [0.29, 0.717) is 18.7 Å². The van der Waals surface area contributed by atoms with Crippen molar-refractivity contribution in [3.8, 4) is 5.75 Å². The summed E-state index contributed by atoms with van der Waals surface area (Å²) in [4.78, 5) is 18.1. The fourth-order valence-corrected chi connectivity index (χ4v) is 2.46. The summed E-state index contributed by atoms with van der Waals surface area (Å²) < 4.78 is 0. The molecule has 0 radical (unpaired) electrons. The van der Waals surface area contributed by atoms with Gasteiger partial charge in [-0.05, 0) is 41.8 Å². The Labute approximate surface area is 123 Å². The lowest BCUT2D eigenvalue weighted by Crippen LogP contribution is -2.34. The second kappa shape index (κ2) is 5.79. The number of carbonyl (C=O) groups excluding carboxylic acids is 1. The largest absolute Gasteiger partial charge is 0.508 e. The first-order valence-corrected chi connectivity index (χ1v) is 6.92. The first kappa shape index (κ1) is 13.4. The normalized spacial score (nSPS) is 14.7. The molecule has 1 N–H and O–H groups in total. The topological polar surface area (TPSA) is 53.4 Å². The van der Waals surface area contributed by atoms with Crippen molar-refractivity contribution < 1.29 is 9.90 Å². The molecule has 1 amide bonds. The minimum atomic E-state index is 0.0177. The van der Waals surface area contributed by atoms with Crippen LogP contribution < -0.4 is 0 Å². The van der Waals surface area contributed by atoms with Crippen LogP contribution in [-0.2, 0) is 0 Å². The summed E-state index contributed by atoms with van der Waals surface area (Å²) >= 11 is 0. The van der Waals surface area contributed by atoms with Crippen LogP contribution in [0, 0.1) is 0 Å². The summed E-state index contributed by atoms with van der Waals surface area (Å²) in [5, 5.41) is 9.32. The predicted molar refractivity (Wildman–Crippen MR) is 80.8 cm³/mol. The molecule has 0 saturated heterocycles. The SMILES string of the molecule is O=C(c1cccnc1)N1CC=C(c2ccc(O)cc2)CC1. The molecule has 106 valence electrons. The quantitative estimate of drug-likeness (QED) is 0.920. The number of pyridine rings is 1. The molecule has 1 aliphatic rings. The van der Waals surface area contributed by atoms with Gasteiger partial charge in [0.05, 0.1) is 5.56 Å². The van der Waals surface area contributed by atoms with Gasteiger partial charge in [0.15, 0.2) is 0 Å². The van der Waals surface area contributed by atoms with Crippen LogP contribution in [0.25, 0.3) is 5.57 Å². The number of phenols is 1. The lowest BCUT2D eigenvalue weighted by molar-refractivity contribution is 0.0772. The third-order valence-corrected chi connectivity index (χ3v) is 3.64. The smallest absolute Gasteiger partial charge is 0.255 e.